The molecule has 34 heavy (non-hydrogen) atoms. The zero-order valence-corrected chi connectivity index (χ0v) is 20.5. The molecule has 8 nitrogen and oxygen atoms in total. The maximum absolute atomic E-state index is 13.5. The lowest BCUT2D eigenvalue weighted by molar-refractivity contribution is 0.101. The second kappa shape index (κ2) is 9.85. The number of ether oxygens (including phenoxy) is 6. The van der Waals surface area contributed by atoms with Crippen LogP contribution in [0.5, 0.6) is 34.5 Å². The molecule has 2 aliphatic heterocycles. The van der Waals surface area contributed by atoms with Gasteiger partial charge in [0.1, 0.15) is 28.6 Å². The van der Waals surface area contributed by atoms with Crippen molar-refractivity contribution in [3.05, 3.63) is 40.6 Å². The number of allylic oxidation sites excluding steroid dienone is 1. The minimum absolute atomic E-state index is 0.182. The van der Waals surface area contributed by atoms with E-state index in [1.54, 1.807) is 52.7 Å². The van der Waals surface area contributed by atoms with Gasteiger partial charge in [0, 0.05) is 23.3 Å². The van der Waals surface area contributed by atoms with Crippen LogP contribution in [0.25, 0.3) is 6.08 Å². The number of nitrogens with zero attached hydrogens (tertiary/aromatic N) is 1. The lowest BCUT2D eigenvalue weighted by atomic mass is 9.86. The SMILES string of the molecule is COc1cc(OC)c(OC)cc1/C=C1\Oc2c(c(OC)cc(OC)c2C2CCN(C)CC2)C1=O. The monoisotopic (exact) mass is 469 g/mol. The van der Waals surface area contributed by atoms with Gasteiger partial charge < -0.3 is 33.3 Å². The topological polar surface area (TPSA) is 75.7 Å². The molecule has 0 aliphatic carbocycles. The molecule has 0 N–H and O–H groups in total. The van der Waals surface area contributed by atoms with Crippen LogP contribution in [-0.2, 0) is 0 Å². The Morgan fingerprint density at radius 2 is 1.38 bits per heavy atom. The zero-order valence-electron chi connectivity index (χ0n) is 20.5. The van der Waals surface area contributed by atoms with Crippen molar-refractivity contribution in [3.63, 3.8) is 0 Å². The van der Waals surface area contributed by atoms with Gasteiger partial charge in [-0.2, -0.15) is 0 Å². The summed E-state index contributed by atoms with van der Waals surface area (Å²) >= 11 is 0. The number of hydrogen-bond acceptors (Lipinski definition) is 8. The summed E-state index contributed by atoms with van der Waals surface area (Å²) in [5.74, 6) is 3.33. The molecular weight excluding hydrogens is 438 g/mol. The normalized spacial score (nSPS) is 17.4. The van der Waals surface area contributed by atoms with Crippen LogP contribution >= 0.6 is 0 Å². The number of carbonyl (C=O) groups is 1. The van der Waals surface area contributed by atoms with Gasteiger partial charge in [0.05, 0.1) is 35.5 Å². The van der Waals surface area contributed by atoms with Crippen LogP contribution in [0.1, 0.15) is 40.2 Å². The summed E-state index contributed by atoms with van der Waals surface area (Å²) in [5, 5.41) is 0. The van der Waals surface area contributed by atoms with E-state index >= 15 is 0 Å². The fraction of sp³-hybridized carbons (Fsp3) is 0.423. The lowest BCUT2D eigenvalue weighted by Gasteiger charge is -2.30. The van der Waals surface area contributed by atoms with Crippen molar-refractivity contribution in [2.24, 2.45) is 0 Å². The largest absolute Gasteiger partial charge is 0.496 e. The van der Waals surface area contributed by atoms with Crippen molar-refractivity contribution in [1.29, 1.82) is 0 Å². The Morgan fingerprint density at radius 3 is 1.97 bits per heavy atom. The Hall–Kier alpha value is -3.39. The molecule has 0 saturated carbocycles. The van der Waals surface area contributed by atoms with Gasteiger partial charge in [0.25, 0.3) is 0 Å². The van der Waals surface area contributed by atoms with Crippen molar-refractivity contribution in [1.82, 2.24) is 4.90 Å². The molecule has 0 bridgehead atoms. The van der Waals surface area contributed by atoms with E-state index in [9.17, 15) is 4.79 Å². The van der Waals surface area contributed by atoms with Crippen LogP contribution < -0.4 is 28.4 Å². The van der Waals surface area contributed by atoms with E-state index < -0.39 is 0 Å². The third-order valence-electron chi connectivity index (χ3n) is 6.50. The maximum Gasteiger partial charge on any atom is 0.235 e. The molecule has 0 radical (unpaired) electrons. The third-order valence-corrected chi connectivity index (χ3v) is 6.50. The predicted molar refractivity (Wildman–Crippen MR) is 128 cm³/mol. The number of benzene rings is 2. The molecule has 2 aromatic carbocycles. The van der Waals surface area contributed by atoms with Crippen molar-refractivity contribution in [2.75, 3.05) is 55.7 Å². The number of rotatable bonds is 7. The first-order valence-corrected chi connectivity index (χ1v) is 11.2. The summed E-state index contributed by atoms with van der Waals surface area (Å²) in [4.78, 5) is 15.8. The van der Waals surface area contributed by atoms with E-state index in [-0.39, 0.29) is 17.5 Å². The molecule has 0 spiro atoms. The highest BCUT2D eigenvalue weighted by atomic mass is 16.5. The molecule has 0 atom stereocenters. The highest BCUT2D eigenvalue weighted by Crippen LogP contribution is 2.50. The summed E-state index contributed by atoms with van der Waals surface area (Å²) in [6, 6.07) is 5.25. The fourth-order valence-electron chi connectivity index (χ4n) is 4.64. The van der Waals surface area contributed by atoms with Crippen molar-refractivity contribution >= 4 is 11.9 Å². The molecule has 2 aromatic rings. The van der Waals surface area contributed by atoms with Crippen LogP contribution in [0.4, 0.5) is 0 Å². The molecular formula is C26H31NO7. The second-order valence-electron chi connectivity index (χ2n) is 8.37. The quantitative estimate of drug-likeness (QED) is 0.560. The Labute approximate surface area is 199 Å². The van der Waals surface area contributed by atoms with Crippen molar-refractivity contribution in [3.8, 4) is 34.5 Å². The van der Waals surface area contributed by atoms with Gasteiger partial charge in [0.15, 0.2) is 17.3 Å². The average molecular weight is 470 g/mol. The molecule has 182 valence electrons. The molecule has 4 rings (SSSR count). The first-order valence-electron chi connectivity index (χ1n) is 11.2. The number of methoxy groups -OCH3 is 5. The van der Waals surface area contributed by atoms with Crippen LogP contribution in [-0.4, -0.2) is 66.4 Å². The van der Waals surface area contributed by atoms with Crippen molar-refractivity contribution < 1.29 is 33.2 Å². The Morgan fingerprint density at radius 1 is 0.824 bits per heavy atom. The highest BCUT2D eigenvalue weighted by molar-refractivity contribution is 6.17. The Bertz CT molecular complexity index is 1120. The van der Waals surface area contributed by atoms with Gasteiger partial charge in [-0.05, 0) is 51.0 Å². The van der Waals surface area contributed by atoms with Gasteiger partial charge in [-0.3, -0.25) is 4.79 Å². The number of piperidine rings is 1. The van der Waals surface area contributed by atoms with E-state index in [0.29, 0.717) is 45.6 Å². The number of ketones is 1. The minimum atomic E-state index is -0.250. The summed E-state index contributed by atoms with van der Waals surface area (Å²) in [6.07, 6.45) is 3.56. The van der Waals surface area contributed by atoms with Crippen molar-refractivity contribution in [2.45, 2.75) is 18.8 Å². The third kappa shape index (κ3) is 4.14. The molecule has 2 aliphatic rings. The van der Waals surface area contributed by atoms with Gasteiger partial charge in [-0.15, -0.1) is 0 Å². The summed E-state index contributed by atoms with van der Waals surface area (Å²) in [5.41, 5.74) is 1.97. The van der Waals surface area contributed by atoms with E-state index in [2.05, 4.69) is 11.9 Å². The summed E-state index contributed by atoms with van der Waals surface area (Å²) < 4.78 is 33.9. The van der Waals surface area contributed by atoms with E-state index in [1.807, 2.05) is 0 Å². The number of hydrogen-bond donors (Lipinski definition) is 0. The number of likely N-dealkylation sites (tertiary alicyclic amines) is 1. The van der Waals surface area contributed by atoms with Gasteiger partial charge in [-0.1, -0.05) is 0 Å². The number of fused-ring (bicyclic) bond motifs is 1. The van der Waals surface area contributed by atoms with Crippen LogP contribution in [0.2, 0.25) is 0 Å². The molecule has 1 saturated heterocycles. The molecule has 0 unspecified atom stereocenters. The number of Topliss-reactive ketones (excluding diaryl/α,β-unsaturated/α-hetero) is 1. The predicted octanol–water partition coefficient (Wildman–Crippen LogP) is 4.16. The molecule has 0 amide bonds. The fourth-order valence-corrected chi connectivity index (χ4v) is 4.64. The first kappa shape index (κ1) is 23.8. The highest BCUT2D eigenvalue weighted by Gasteiger charge is 2.38. The zero-order chi connectivity index (χ0) is 24.4. The van der Waals surface area contributed by atoms with E-state index in [4.69, 9.17) is 28.4 Å². The second-order valence-corrected chi connectivity index (χ2v) is 8.37. The minimum Gasteiger partial charge on any atom is -0.496 e. The molecule has 2 heterocycles. The van der Waals surface area contributed by atoms with Crippen LogP contribution in [0.3, 0.4) is 0 Å². The van der Waals surface area contributed by atoms with E-state index in [1.165, 1.54) is 7.11 Å². The standard InChI is InChI=1S/C26H31NO7/c1-27-9-7-15(8-10-27)23-20(32-5)14-21(33-6)24-25(28)22(34-26(23)24)12-16-11-18(30-3)19(31-4)13-17(16)29-2/h11-15H,7-10H2,1-6H3/b22-12-. The molecule has 1 fully saturated rings. The number of carbonyl (C=O) groups excluding carboxylic acids is 1. The Balaban J connectivity index is 1.82. The van der Waals surface area contributed by atoms with Gasteiger partial charge in [0.2, 0.25) is 5.78 Å². The van der Waals surface area contributed by atoms with E-state index in [0.717, 1.165) is 31.5 Å². The van der Waals surface area contributed by atoms with Gasteiger partial charge in [-0.25, -0.2) is 0 Å². The Kier molecular flexibility index (Phi) is 6.88. The lowest BCUT2D eigenvalue weighted by Crippen LogP contribution is -2.29. The van der Waals surface area contributed by atoms with Gasteiger partial charge >= 0.3 is 0 Å². The maximum atomic E-state index is 13.5. The molecule has 8 heteroatoms. The van der Waals surface area contributed by atoms with Crippen LogP contribution in [0.15, 0.2) is 24.0 Å². The summed E-state index contributed by atoms with van der Waals surface area (Å²) in [6.45, 7) is 1.93. The smallest absolute Gasteiger partial charge is 0.235 e. The first-order chi connectivity index (χ1) is 16.4. The van der Waals surface area contributed by atoms with Crippen LogP contribution in [0, 0.1) is 0 Å². The average Bonchev–Trinajstić information content (AvgIpc) is 3.18. The molecule has 0 aromatic heterocycles. The summed E-state index contributed by atoms with van der Waals surface area (Å²) in [7, 11) is 9.95.